The van der Waals surface area contributed by atoms with Crippen molar-refractivity contribution in [2.45, 2.75) is 6.92 Å². The number of nitrogens with zero attached hydrogens (tertiary/aromatic N) is 1. The Balaban J connectivity index is 2.00. The van der Waals surface area contributed by atoms with Crippen LogP contribution < -0.4 is 0 Å². The molecule has 0 unspecified atom stereocenters. The average molecular weight is 330 g/mol. The van der Waals surface area contributed by atoms with E-state index in [-0.39, 0.29) is 0 Å². The fourth-order valence-electron chi connectivity index (χ4n) is 1.90. The van der Waals surface area contributed by atoms with E-state index in [1.807, 2.05) is 18.2 Å². The summed E-state index contributed by atoms with van der Waals surface area (Å²) >= 11 is 5.25. The highest BCUT2D eigenvalue weighted by atomic mass is 79.9. The predicted molar refractivity (Wildman–Crippen MR) is 85.4 cm³/mol. The third-order valence-corrected chi connectivity index (χ3v) is 4.54. The number of thiazole rings is 1. The molecule has 0 fully saturated rings. The van der Waals surface area contributed by atoms with E-state index in [1.165, 1.54) is 11.1 Å². The van der Waals surface area contributed by atoms with Crippen molar-refractivity contribution >= 4 is 27.3 Å². The number of benzene rings is 2. The van der Waals surface area contributed by atoms with E-state index >= 15 is 0 Å². The summed E-state index contributed by atoms with van der Waals surface area (Å²) in [5.41, 5.74) is 4.60. The summed E-state index contributed by atoms with van der Waals surface area (Å²) in [6, 6.07) is 16.7. The van der Waals surface area contributed by atoms with E-state index in [0.717, 1.165) is 20.7 Å². The molecule has 94 valence electrons. The van der Waals surface area contributed by atoms with Gasteiger partial charge in [-0.3, -0.25) is 0 Å². The maximum absolute atomic E-state index is 4.73. The third-order valence-electron chi connectivity index (χ3n) is 2.95. The summed E-state index contributed by atoms with van der Waals surface area (Å²) in [5.74, 6) is 0. The van der Waals surface area contributed by atoms with Gasteiger partial charge in [0.05, 0.1) is 5.69 Å². The predicted octanol–water partition coefficient (Wildman–Crippen LogP) is 5.55. The first-order chi connectivity index (χ1) is 9.24. The quantitative estimate of drug-likeness (QED) is 0.600. The van der Waals surface area contributed by atoms with Crippen LogP contribution in [0.4, 0.5) is 0 Å². The number of hydrogen-bond donors (Lipinski definition) is 0. The van der Waals surface area contributed by atoms with Gasteiger partial charge in [0.1, 0.15) is 5.01 Å². The maximum atomic E-state index is 4.73. The highest BCUT2D eigenvalue weighted by Crippen LogP contribution is 2.32. The Labute approximate surface area is 125 Å². The van der Waals surface area contributed by atoms with Crippen LogP contribution in [0.5, 0.6) is 0 Å². The number of hydrogen-bond acceptors (Lipinski definition) is 2. The largest absolute Gasteiger partial charge is 0.236 e. The van der Waals surface area contributed by atoms with E-state index < -0.39 is 0 Å². The molecule has 0 aliphatic carbocycles. The number of halogens is 1. The van der Waals surface area contributed by atoms with Gasteiger partial charge in [0, 0.05) is 21.0 Å². The lowest BCUT2D eigenvalue weighted by Crippen LogP contribution is -1.81. The van der Waals surface area contributed by atoms with Crippen LogP contribution in [0.25, 0.3) is 21.8 Å². The zero-order valence-corrected chi connectivity index (χ0v) is 12.8. The molecule has 0 saturated carbocycles. The van der Waals surface area contributed by atoms with Gasteiger partial charge in [-0.15, -0.1) is 11.3 Å². The SMILES string of the molecule is Cc1ccc(-c2nc(-c3ccccc3Br)cs2)cc1. The van der Waals surface area contributed by atoms with Crippen LogP contribution in [-0.4, -0.2) is 4.98 Å². The molecule has 19 heavy (non-hydrogen) atoms. The van der Waals surface area contributed by atoms with Gasteiger partial charge < -0.3 is 0 Å². The molecule has 1 nitrogen and oxygen atoms in total. The van der Waals surface area contributed by atoms with Crippen LogP contribution in [0.15, 0.2) is 58.4 Å². The molecule has 3 rings (SSSR count). The zero-order valence-electron chi connectivity index (χ0n) is 10.4. The summed E-state index contributed by atoms with van der Waals surface area (Å²) in [6.45, 7) is 2.10. The Bertz CT molecular complexity index is 701. The van der Waals surface area contributed by atoms with Crippen LogP contribution >= 0.6 is 27.3 Å². The number of aromatic nitrogens is 1. The average Bonchev–Trinajstić information content (AvgIpc) is 2.89. The summed E-state index contributed by atoms with van der Waals surface area (Å²) in [5, 5.41) is 3.17. The molecule has 2 aromatic carbocycles. The van der Waals surface area contributed by atoms with Crippen LogP contribution in [0, 0.1) is 6.92 Å². The maximum Gasteiger partial charge on any atom is 0.124 e. The second-order valence-electron chi connectivity index (χ2n) is 4.38. The Morgan fingerprint density at radius 2 is 1.74 bits per heavy atom. The summed E-state index contributed by atoms with van der Waals surface area (Å²) < 4.78 is 1.08. The van der Waals surface area contributed by atoms with E-state index in [1.54, 1.807) is 11.3 Å². The van der Waals surface area contributed by atoms with Crippen LogP contribution in [0.2, 0.25) is 0 Å². The van der Waals surface area contributed by atoms with E-state index in [4.69, 9.17) is 4.98 Å². The molecular formula is C16H12BrNS. The minimum Gasteiger partial charge on any atom is -0.236 e. The lowest BCUT2D eigenvalue weighted by Gasteiger charge is -2.00. The standard InChI is InChI=1S/C16H12BrNS/c1-11-6-8-12(9-7-11)16-18-15(10-19-16)13-4-2-3-5-14(13)17/h2-10H,1H3. The van der Waals surface area contributed by atoms with Crippen molar-refractivity contribution in [3.8, 4) is 21.8 Å². The molecule has 0 saturated heterocycles. The van der Waals surface area contributed by atoms with E-state index in [9.17, 15) is 0 Å². The van der Waals surface area contributed by atoms with Gasteiger partial charge in [0.2, 0.25) is 0 Å². The first kappa shape index (κ1) is 12.6. The normalized spacial score (nSPS) is 10.6. The lowest BCUT2D eigenvalue weighted by atomic mass is 10.1. The van der Waals surface area contributed by atoms with Gasteiger partial charge in [-0.05, 0) is 13.0 Å². The molecular weight excluding hydrogens is 318 g/mol. The second kappa shape index (κ2) is 5.27. The third kappa shape index (κ3) is 2.62. The first-order valence-electron chi connectivity index (χ1n) is 6.01. The monoisotopic (exact) mass is 329 g/mol. The van der Waals surface area contributed by atoms with Crippen LogP contribution in [-0.2, 0) is 0 Å². The summed E-state index contributed by atoms with van der Waals surface area (Å²) in [7, 11) is 0. The second-order valence-corrected chi connectivity index (χ2v) is 6.10. The number of aryl methyl sites for hydroxylation is 1. The fraction of sp³-hybridized carbons (Fsp3) is 0.0625. The van der Waals surface area contributed by atoms with Crippen molar-refractivity contribution < 1.29 is 0 Å². The molecule has 0 bridgehead atoms. The molecule has 0 N–H and O–H groups in total. The fourth-order valence-corrected chi connectivity index (χ4v) is 3.21. The van der Waals surface area contributed by atoms with Crippen molar-refractivity contribution in [3.63, 3.8) is 0 Å². The first-order valence-corrected chi connectivity index (χ1v) is 7.69. The van der Waals surface area contributed by atoms with Crippen LogP contribution in [0.3, 0.4) is 0 Å². The molecule has 1 aromatic heterocycles. The lowest BCUT2D eigenvalue weighted by molar-refractivity contribution is 1.38. The number of rotatable bonds is 2. The minimum absolute atomic E-state index is 1.02. The molecule has 3 aromatic rings. The molecule has 0 spiro atoms. The molecule has 3 heteroatoms. The molecule has 0 aliphatic rings. The Morgan fingerprint density at radius 3 is 2.47 bits per heavy atom. The van der Waals surface area contributed by atoms with Crippen molar-refractivity contribution in [2.24, 2.45) is 0 Å². The van der Waals surface area contributed by atoms with E-state index in [2.05, 4.69) is 58.6 Å². The van der Waals surface area contributed by atoms with Crippen molar-refractivity contribution in [1.29, 1.82) is 0 Å². The summed E-state index contributed by atoms with van der Waals surface area (Å²) in [6.07, 6.45) is 0. The van der Waals surface area contributed by atoms with Crippen molar-refractivity contribution in [1.82, 2.24) is 4.98 Å². The summed E-state index contributed by atoms with van der Waals surface area (Å²) in [4.78, 5) is 4.73. The Hall–Kier alpha value is -1.45. The Morgan fingerprint density at radius 1 is 1.00 bits per heavy atom. The van der Waals surface area contributed by atoms with Crippen LogP contribution in [0.1, 0.15) is 5.56 Å². The zero-order chi connectivity index (χ0) is 13.2. The molecule has 0 atom stereocenters. The smallest absolute Gasteiger partial charge is 0.124 e. The topological polar surface area (TPSA) is 12.9 Å². The highest BCUT2D eigenvalue weighted by Gasteiger charge is 2.08. The van der Waals surface area contributed by atoms with Gasteiger partial charge in [-0.2, -0.15) is 0 Å². The van der Waals surface area contributed by atoms with Gasteiger partial charge >= 0.3 is 0 Å². The highest BCUT2D eigenvalue weighted by molar-refractivity contribution is 9.10. The van der Waals surface area contributed by atoms with Crippen molar-refractivity contribution in [2.75, 3.05) is 0 Å². The minimum atomic E-state index is 1.02. The molecule has 0 aliphatic heterocycles. The van der Waals surface area contributed by atoms with Gasteiger partial charge in [-0.1, -0.05) is 64.0 Å². The molecule has 0 radical (unpaired) electrons. The molecule has 1 heterocycles. The van der Waals surface area contributed by atoms with Crippen molar-refractivity contribution in [3.05, 3.63) is 63.9 Å². The van der Waals surface area contributed by atoms with Gasteiger partial charge in [0.25, 0.3) is 0 Å². The Kier molecular flexibility index (Phi) is 3.49. The van der Waals surface area contributed by atoms with Gasteiger partial charge in [0.15, 0.2) is 0 Å². The van der Waals surface area contributed by atoms with E-state index in [0.29, 0.717) is 0 Å². The molecule has 0 amide bonds. The van der Waals surface area contributed by atoms with Gasteiger partial charge in [-0.25, -0.2) is 4.98 Å².